The second kappa shape index (κ2) is 8.08. The molecular formula is C16H11Cl4NO3. The number of carbonyl (C=O) groups excluding carboxylic acids is 2. The number of hydrogen-bond donors (Lipinski definition) is 1. The SMILES string of the molecule is CC(OC(=O)c1ccc(Cl)cc1Cl)C(=O)Nc1cccc(Cl)c1Cl. The van der Waals surface area contributed by atoms with Gasteiger partial charge in [-0.15, -0.1) is 0 Å². The average molecular weight is 407 g/mol. The Labute approximate surface area is 158 Å². The van der Waals surface area contributed by atoms with Crippen LogP contribution in [0.5, 0.6) is 0 Å². The minimum absolute atomic E-state index is 0.113. The predicted molar refractivity (Wildman–Crippen MR) is 96.4 cm³/mol. The summed E-state index contributed by atoms with van der Waals surface area (Å²) < 4.78 is 5.11. The second-order valence-corrected chi connectivity index (χ2v) is 6.39. The first-order valence-electron chi connectivity index (χ1n) is 6.70. The van der Waals surface area contributed by atoms with Gasteiger partial charge in [-0.05, 0) is 37.3 Å². The van der Waals surface area contributed by atoms with Crippen LogP contribution in [0, 0.1) is 0 Å². The molecule has 4 nitrogen and oxygen atoms in total. The van der Waals surface area contributed by atoms with Crippen LogP contribution in [0.15, 0.2) is 36.4 Å². The highest BCUT2D eigenvalue weighted by molar-refractivity contribution is 6.44. The summed E-state index contributed by atoms with van der Waals surface area (Å²) in [6, 6.07) is 9.14. The van der Waals surface area contributed by atoms with E-state index in [0.29, 0.717) is 15.7 Å². The van der Waals surface area contributed by atoms with Crippen LogP contribution in [0.2, 0.25) is 20.1 Å². The van der Waals surface area contributed by atoms with E-state index in [1.807, 2.05) is 0 Å². The van der Waals surface area contributed by atoms with Crippen molar-refractivity contribution in [1.82, 2.24) is 0 Å². The van der Waals surface area contributed by atoms with E-state index >= 15 is 0 Å². The van der Waals surface area contributed by atoms with Crippen LogP contribution in [0.1, 0.15) is 17.3 Å². The normalized spacial score (nSPS) is 11.7. The Hall–Kier alpha value is -1.46. The third-order valence-electron chi connectivity index (χ3n) is 3.01. The van der Waals surface area contributed by atoms with Gasteiger partial charge < -0.3 is 10.1 Å². The van der Waals surface area contributed by atoms with Gasteiger partial charge in [-0.1, -0.05) is 52.5 Å². The minimum atomic E-state index is -1.07. The summed E-state index contributed by atoms with van der Waals surface area (Å²) in [5.41, 5.74) is 0.433. The number of benzene rings is 2. The van der Waals surface area contributed by atoms with Crippen molar-refractivity contribution in [3.8, 4) is 0 Å². The maximum absolute atomic E-state index is 12.1. The van der Waals surface area contributed by atoms with Crippen molar-refractivity contribution < 1.29 is 14.3 Å². The summed E-state index contributed by atoms with van der Waals surface area (Å²) in [6.07, 6.45) is -1.07. The molecule has 0 aliphatic heterocycles. The number of nitrogens with one attached hydrogen (secondary N) is 1. The molecule has 1 atom stereocenters. The van der Waals surface area contributed by atoms with Gasteiger partial charge >= 0.3 is 5.97 Å². The maximum Gasteiger partial charge on any atom is 0.340 e. The van der Waals surface area contributed by atoms with Gasteiger partial charge in [0.05, 0.1) is 26.3 Å². The molecule has 0 aliphatic rings. The number of ether oxygens (including phenoxy) is 1. The van der Waals surface area contributed by atoms with E-state index in [2.05, 4.69) is 5.32 Å². The van der Waals surface area contributed by atoms with E-state index in [0.717, 1.165) is 0 Å². The van der Waals surface area contributed by atoms with Gasteiger partial charge in [0.15, 0.2) is 6.10 Å². The Kier molecular flexibility index (Phi) is 6.35. The van der Waals surface area contributed by atoms with E-state index in [1.54, 1.807) is 18.2 Å². The van der Waals surface area contributed by atoms with Crippen LogP contribution in [-0.4, -0.2) is 18.0 Å². The molecule has 0 heterocycles. The Morgan fingerprint density at radius 3 is 2.42 bits per heavy atom. The Bertz CT molecular complexity index is 795. The summed E-state index contributed by atoms with van der Waals surface area (Å²) in [4.78, 5) is 24.2. The van der Waals surface area contributed by atoms with Gasteiger partial charge in [-0.3, -0.25) is 4.79 Å². The van der Waals surface area contributed by atoms with Gasteiger partial charge in [-0.2, -0.15) is 0 Å². The van der Waals surface area contributed by atoms with E-state index in [9.17, 15) is 9.59 Å². The molecule has 0 aliphatic carbocycles. The Balaban J connectivity index is 2.06. The molecule has 24 heavy (non-hydrogen) atoms. The first-order chi connectivity index (χ1) is 11.3. The lowest BCUT2D eigenvalue weighted by atomic mass is 10.2. The molecule has 1 amide bonds. The molecule has 2 rings (SSSR count). The summed E-state index contributed by atoms with van der Waals surface area (Å²) in [6.45, 7) is 1.43. The smallest absolute Gasteiger partial charge is 0.340 e. The highest BCUT2D eigenvalue weighted by Crippen LogP contribution is 2.29. The largest absolute Gasteiger partial charge is 0.449 e. The zero-order valence-electron chi connectivity index (χ0n) is 12.3. The molecule has 0 fully saturated rings. The van der Waals surface area contributed by atoms with Crippen LogP contribution >= 0.6 is 46.4 Å². The second-order valence-electron chi connectivity index (χ2n) is 4.76. The molecule has 0 radical (unpaired) electrons. The summed E-state index contributed by atoms with van der Waals surface area (Å²) in [5, 5.41) is 3.57. The molecule has 0 saturated heterocycles. The lowest BCUT2D eigenvalue weighted by Crippen LogP contribution is -2.30. The zero-order chi connectivity index (χ0) is 17.9. The van der Waals surface area contributed by atoms with Crippen molar-refractivity contribution in [3.05, 3.63) is 62.1 Å². The Morgan fingerprint density at radius 1 is 1.04 bits per heavy atom. The molecule has 1 unspecified atom stereocenters. The fourth-order valence-corrected chi connectivity index (χ4v) is 2.60. The van der Waals surface area contributed by atoms with Crippen molar-refractivity contribution in [2.75, 3.05) is 5.32 Å². The summed E-state index contributed by atoms with van der Waals surface area (Å²) >= 11 is 23.6. The van der Waals surface area contributed by atoms with Gasteiger partial charge in [0, 0.05) is 5.02 Å². The standard InChI is InChI=1S/C16H11Cl4NO3/c1-8(15(22)21-13-4-2-3-11(18)14(13)20)24-16(23)10-6-5-9(17)7-12(10)19/h2-8H,1H3,(H,21,22). The average Bonchev–Trinajstić information content (AvgIpc) is 2.51. The summed E-state index contributed by atoms with van der Waals surface area (Å²) in [7, 11) is 0. The predicted octanol–water partition coefficient (Wildman–Crippen LogP) is 5.48. The van der Waals surface area contributed by atoms with E-state index in [4.69, 9.17) is 51.1 Å². The Morgan fingerprint density at radius 2 is 1.75 bits per heavy atom. The molecule has 0 saturated carbocycles. The molecule has 126 valence electrons. The maximum atomic E-state index is 12.1. The zero-order valence-corrected chi connectivity index (χ0v) is 15.3. The highest BCUT2D eigenvalue weighted by atomic mass is 35.5. The minimum Gasteiger partial charge on any atom is -0.449 e. The van der Waals surface area contributed by atoms with Gasteiger partial charge in [0.2, 0.25) is 0 Å². The number of hydrogen-bond acceptors (Lipinski definition) is 3. The monoisotopic (exact) mass is 405 g/mol. The van der Waals surface area contributed by atoms with Crippen LogP contribution < -0.4 is 5.32 Å². The van der Waals surface area contributed by atoms with Gasteiger partial charge in [0.25, 0.3) is 5.91 Å². The van der Waals surface area contributed by atoms with E-state index < -0.39 is 18.0 Å². The van der Waals surface area contributed by atoms with Gasteiger partial charge in [0.1, 0.15) is 0 Å². The van der Waals surface area contributed by atoms with Crippen LogP contribution in [0.4, 0.5) is 5.69 Å². The summed E-state index contributed by atoms with van der Waals surface area (Å²) in [5.74, 6) is -1.30. The third kappa shape index (κ3) is 4.54. The third-order valence-corrected chi connectivity index (χ3v) is 4.38. The number of amides is 1. The molecule has 1 N–H and O–H groups in total. The van der Waals surface area contributed by atoms with E-state index in [-0.39, 0.29) is 15.6 Å². The van der Waals surface area contributed by atoms with Gasteiger partial charge in [-0.25, -0.2) is 4.79 Å². The molecule has 2 aromatic carbocycles. The number of esters is 1. The fraction of sp³-hybridized carbons (Fsp3) is 0.125. The molecule has 0 spiro atoms. The van der Waals surface area contributed by atoms with Crippen molar-refractivity contribution in [1.29, 1.82) is 0 Å². The molecule has 8 heteroatoms. The number of anilines is 1. The number of carbonyl (C=O) groups is 2. The lowest BCUT2D eigenvalue weighted by molar-refractivity contribution is -0.123. The van der Waals surface area contributed by atoms with Crippen molar-refractivity contribution >= 4 is 64.0 Å². The first kappa shape index (κ1) is 18.9. The first-order valence-corrected chi connectivity index (χ1v) is 8.21. The van der Waals surface area contributed by atoms with Crippen LogP contribution in [-0.2, 0) is 9.53 Å². The van der Waals surface area contributed by atoms with Crippen LogP contribution in [0.3, 0.4) is 0 Å². The number of rotatable bonds is 4. The quantitative estimate of drug-likeness (QED) is 0.683. The molecule has 0 bridgehead atoms. The molecular weight excluding hydrogens is 396 g/mol. The van der Waals surface area contributed by atoms with E-state index in [1.165, 1.54) is 25.1 Å². The molecule has 0 aromatic heterocycles. The topological polar surface area (TPSA) is 55.4 Å². The molecule has 2 aromatic rings. The van der Waals surface area contributed by atoms with Crippen molar-refractivity contribution in [2.45, 2.75) is 13.0 Å². The highest BCUT2D eigenvalue weighted by Gasteiger charge is 2.21. The van der Waals surface area contributed by atoms with Crippen molar-refractivity contribution in [3.63, 3.8) is 0 Å². The lowest BCUT2D eigenvalue weighted by Gasteiger charge is -2.15. The van der Waals surface area contributed by atoms with Crippen molar-refractivity contribution in [2.24, 2.45) is 0 Å². The fourth-order valence-electron chi connectivity index (χ4n) is 1.77. The number of halogens is 4. The van der Waals surface area contributed by atoms with Crippen LogP contribution in [0.25, 0.3) is 0 Å².